The maximum Gasteiger partial charge on any atom is 0.294 e. The van der Waals surface area contributed by atoms with Crippen molar-refractivity contribution in [1.82, 2.24) is 9.55 Å². The Hall–Kier alpha value is -2.83. The van der Waals surface area contributed by atoms with Crippen molar-refractivity contribution in [3.05, 3.63) is 34.7 Å². The number of nitrogens with zero attached hydrogens (tertiary/aromatic N) is 2. The molecule has 1 aliphatic rings. The van der Waals surface area contributed by atoms with Crippen molar-refractivity contribution in [2.24, 2.45) is 0 Å². The minimum Gasteiger partial charge on any atom is -0.508 e. The number of benzene rings is 1. The van der Waals surface area contributed by atoms with Crippen LogP contribution in [0.25, 0.3) is 11.3 Å². The third-order valence-electron chi connectivity index (χ3n) is 3.59. The van der Waals surface area contributed by atoms with Crippen LogP contribution in [0.2, 0.25) is 0 Å². The molecule has 1 aromatic heterocycles. The fourth-order valence-electron chi connectivity index (χ4n) is 2.40. The number of hydrogen-bond acceptors (Lipinski definition) is 6. The highest BCUT2D eigenvalue weighted by Crippen LogP contribution is 2.27. The summed E-state index contributed by atoms with van der Waals surface area (Å²) in [6.07, 6.45) is 3.54. The third-order valence-corrected chi connectivity index (χ3v) is 3.59. The zero-order chi connectivity index (χ0) is 16.6. The van der Waals surface area contributed by atoms with Gasteiger partial charge in [0.05, 0.1) is 18.4 Å². The van der Waals surface area contributed by atoms with E-state index in [1.54, 1.807) is 6.07 Å². The van der Waals surface area contributed by atoms with Gasteiger partial charge in [-0.15, -0.1) is 0 Å². The van der Waals surface area contributed by atoms with Crippen molar-refractivity contribution >= 4 is 17.3 Å². The van der Waals surface area contributed by atoms with Crippen LogP contribution in [0.15, 0.2) is 29.2 Å². The summed E-state index contributed by atoms with van der Waals surface area (Å²) in [5.41, 5.74) is 6.72. The topological polar surface area (TPSA) is 110 Å². The van der Waals surface area contributed by atoms with E-state index in [0.717, 1.165) is 12.8 Å². The van der Waals surface area contributed by atoms with Gasteiger partial charge in [-0.25, -0.2) is 4.98 Å². The molecule has 23 heavy (non-hydrogen) atoms. The number of Topliss-reactive ketones (excluding diaryl/α,β-unsaturated/α-hetero) is 1. The van der Waals surface area contributed by atoms with E-state index in [1.165, 1.54) is 29.8 Å². The molecule has 1 heterocycles. The van der Waals surface area contributed by atoms with Crippen LogP contribution >= 0.6 is 0 Å². The zero-order valence-corrected chi connectivity index (χ0v) is 12.7. The first-order valence-electron chi connectivity index (χ1n) is 7.40. The number of rotatable bonds is 5. The Morgan fingerprint density at radius 1 is 1.43 bits per heavy atom. The monoisotopic (exact) mass is 314 g/mol. The van der Waals surface area contributed by atoms with E-state index in [0.29, 0.717) is 16.9 Å². The number of aromatic nitrogens is 2. The Balaban J connectivity index is 2.12. The predicted octanol–water partition coefficient (Wildman–Crippen LogP) is 1.36. The summed E-state index contributed by atoms with van der Waals surface area (Å²) in [5.74, 6) is 0.0812. The number of nitrogens with two attached hydrogens (primary N) is 1. The molecule has 7 heteroatoms. The summed E-state index contributed by atoms with van der Waals surface area (Å²) in [7, 11) is 0. The molecule has 0 atom stereocenters. The summed E-state index contributed by atoms with van der Waals surface area (Å²) < 4.78 is 1.36. The van der Waals surface area contributed by atoms with Gasteiger partial charge in [-0.3, -0.25) is 14.2 Å². The molecular formula is C16H18N4O3. The Morgan fingerprint density at radius 3 is 2.78 bits per heavy atom. The molecule has 1 saturated carbocycles. The predicted molar refractivity (Wildman–Crippen MR) is 87.3 cm³/mol. The van der Waals surface area contributed by atoms with Crippen molar-refractivity contribution in [1.29, 1.82) is 0 Å². The standard InChI is InChI=1S/C16H18N4O3/c1-9(21)8-20-14(10-4-11(17)6-13(22)5-10)7-18-15(16(20)23)19-12-2-3-12/h4-7,12,22H,2-3,8,17H2,1H3,(H,18,19). The van der Waals surface area contributed by atoms with Crippen LogP contribution in [0.3, 0.4) is 0 Å². The summed E-state index contributed by atoms with van der Waals surface area (Å²) in [4.78, 5) is 28.4. The lowest BCUT2D eigenvalue weighted by Crippen LogP contribution is -2.29. The van der Waals surface area contributed by atoms with Gasteiger partial charge >= 0.3 is 0 Å². The molecular weight excluding hydrogens is 296 g/mol. The molecule has 2 aromatic rings. The maximum absolute atomic E-state index is 12.6. The van der Waals surface area contributed by atoms with Crippen LogP contribution < -0.4 is 16.6 Å². The number of phenols is 1. The van der Waals surface area contributed by atoms with Crippen molar-refractivity contribution in [3.8, 4) is 17.0 Å². The zero-order valence-electron chi connectivity index (χ0n) is 12.7. The molecule has 0 aliphatic heterocycles. The van der Waals surface area contributed by atoms with E-state index in [9.17, 15) is 14.7 Å². The Bertz CT molecular complexity index is 804. The van der Waals surface area contributed by atoms with Crippen molar-refractivity contribution < 1.29 is 9.90 Å². The molecule has 0 spiro atoms. The van der Waals surface area contributed by atoms with Gasteiger partial charge in [0.15, 0.2) is 5.82 Å². The summed E-state index contributed by atoms with van der Waals surface area (Å²) in [6.45, 7) is 1.35. The molecule has 7 nitrogen and oxygen atoms in total. The summed E-state index contributed by atoms with van der Waals surface area (Å²) in [6, 6.07) is 4.80. The summed E-state index contributed by atoms with van der Waals surface area (Å²) in [5, 5.41) is 12.8. The van der Waals surface area contributed by atoms with Gasteiger partial charge in [0.25, 0.3) is 5.56 Å². The van der Waals surface area contributed by atoms with Gasteiger partial charge in [0.2, 0.25) is 0 Å². The lowest BCUT2D eigenvalue weighted by molar-refractivity contribution is -0.117. The van der Waals surface area contributed by atoms with Crippen LogP contribution in [-0.4, -0.2) is 26.5 Å². The number of phenolic OH excluding ortho intramolecular Hbond substituents is 1. The number of aromatic hydroxyl groups is 1. The van der Waals surface area contributed by atoms with Gasteiger partial charge in [-0.2, -0.15) is 0 Å². The molecule has 0 unspecified atom stereocenters. The molecule has 0 saturated heterocycles. The number of nitrogen functional groups attached to an aromatic ring is 1. The lowest BCUT2D eigenvalue weighted by Gasteiger charge is -2.14. The van der Waals surface area contributed by atoms with Gasteiger partial charge in [-0.1, -0.05) is 0 Å². The Morgan fingerprint density at radius 2 is 2.17 bits per heavy atom. The molecule has 0 amide bonds. The van der Waals surface area contributed by atoms with E-state index in [1.807, 2.05) is 0 Å². The van der Waals surface area contributed by atoms with Crippen molar-refractivity contribution in [2.45, 2.75) is 32.4 Å². The van der Waals surface area contributed by atoms with Crippen LogP contribution in [-0.2, 0) is 11.3 Å². The first-order valence-corrected chi connectivity index (χ1v) is 7.40. The fraction of sp³-hybridized carbons (Fsp3) is 0.312. The minimum atomic E-state index is -0.355. The van der Waals surface area contributed by atoms with E-state index in [4.69, 9.17) is 5.73 Å². The maximum atomic E-state index is 12.6. The number of carbonyl (C=O) groups is 1. The second-order valence-corrected chi connectivity index (χ2v) is 5.82. The van der Waals surface area contributed by atoms with Crippen molar-refractivity contribution in [3.63, 3.8) is 0 Å². The second-order valence-electron chi connectivity index (χ2n) is 5.82. The Kier molecular flexibility index (Phi) is 3.77. The lowest BCUT2D eigenvalue weighted by atomic mass is 10.1. The van der Waals surface area contributed by atoms with Crippen LogP contribution in [0.1, 0.15) is 19.8 Å². The van der Waals surface area contributed by atoms with Crippen molar-refractivity contribution in [2.75, 3.05) is 11.1 Å². The summed E-state index contributed by atoms with van der Waals surface area (Å²) >= 11 is 0. The number of ketones is 1. The molecule has 1 aliphatic carbocycles. The number of hydrogen-bond donors (Lipinski definition) is 3. The second kappa shape index (κ2) is 5.75. The van der Waals surface area contributed by atoms with Crippen LogP contribution in [0, 0.1) is 0 Å². The van der Waals surface area contributed by atoms with Crippen LogP contribution in [0.4, 0.5) is 11.5 Å². The first kappa shape index (κ1) is 15.1. The van der Waals surface area contributed by atoms with Gasteiger partial charge in [0, 0.05) is 23.4 Å². The van der Waals surface area contributed by atoms with E-state index >= 15 is 0 Å². The molecule has 0 bridgehead atoms. The largest absolute Gasteiger partial charge is 0.508 e. The minimum absolute atomic E-state index is 0.0120. The molecule has 3 rings (SSSR count). The number of nitrogens with one attached hydrogen (secondary N) is 1. The van der Waals surface area contributed by atoms with E-state index < -0.39 is 0 Å². The van der Waals surface area contributed by atoms with Crippen LogP contribution in [0.5, 0.6) is 5.75 Å². The number of carbonyl (C=O) groups excluding carboxylic acids is 1. The van der Waals surface area contributed by atoms with E-state index in [-0.39, 0.29) is 35.5 Å². The molecule has 0 radical (unpaired) electrons. The van der Waals surface area contributed by atoms with Gasteiger partial charge in [0.1, 0.15) is 11.5 Å². The fourth-order valence-corrected chi connectivity index (χ4v) is 2.40. The normalized spacial score (nSPS) is 13.8. The highest BCUT2D eigenvalue weighted by molar-refractivity contribution is 5.77. The first-order chi connectivity index (χ1) is 10.9. The average molecular weight is 314 g/mol. The molecule has 4 N–H and O–H groups in total. The average Bonchev–Trinajstić information content (AvgIpc) is 3.26. The van der Waals surface area contributed by atoms with Gasteiger partial charge in [-0.05, 0) is 31.9 Å². The Labute approximate surface area is 132 Å². The SMILES string of the molecule is CC(=O)Cn1c(-c2cc(N)cc(O)c2)cnc(NC2CC2)c1=O. The van der Waals surface area contributed by atoms with Gasteiger partial charge < -0.3 is 16.2 Å². The highest BCUT2D eigenvalue weighted by atomic mass is 16.3. The molecule has 1 fully saturated rings. The smallest absolute Gasteiger partial charge is 0.294 e. The quantitative estimate of drug-likeness (QED) is 0.719. The highest BCUT2D eigenvalue weighted by Gasteiger charge is 2.24. The number of anilines is 2. The molecule has 1 aromatic carbocycles. The molecule has 120 valence electrons. The third kappa shape index (κ3) is 3.33. The van der Waals surface area contributed by atoms with E-state index in [2.05, 4.69) is 10.3 Å².